The summed E-state index contributed by atoms with van der Waals surface area (Å²) in [6.45, 7) is 4.36. The second kappa shape index (κ2) is 6.75. The lowest BCUT2D eigenvalue weighted by Gasteiger charge is -2.32. The summed E-state index contributed by atoms with van der Waals surface area (Å²) in [7, 11) is -3.71. The summed E-state index contributed by atoms with van der Waals surface area (Å²) in [4.78, 5) is -0.0414. The van der Waals surface area contributed by atoms with Gasteiger partial charge in [-0.1, -0.05) is 53.0 Å². The molecule has 2 rings (SSSR count). The van der Waals surface area contributed by atoms with E-state index in [0.717, 1.165) is 19.3 Å². The number of rotatable bonds is 3. The Bertz CT molecular complexity index is 613. The fraction of sp³-hybridized carbons (Fsp3) is 0.571. The molecule has 0 radical (unpaired) electrons. The summed E-state index contributed by atoms with van der Waals surface area (Å²) < 4.78 is 28.5. The van der Waals surface area contributed by atoms with Gasteiger partial charge < -0.3 is 0 Å². The Hall–Kier alpha value is 0.190. The van der Waals surface area contributed by atoms with Crippen LogP contribution in [0.5, 0.6) is 0 Å². The number of sulfonamides is 1. The Balaban J connectivity index is 2.24. The zero-order valence-corrected chi connectivity index (χ0v) is 15.8. The SMILES string of the molecule is CC1CCC(NS(=O)(=O)c2c(Cl)cc(Br)cc2Cl)CC1C. The van der Waals surface area contributed by atoms with Gasteiger partial charge in [0, 0.05) is 10.5 Å². The molecule has 3 atom stereocenters. The van der Waals surface area contributed by atoms with Gasteiger partial charge in [0.1, 0.15) is 4.90 Å². The number of benzene rings is 1. The van der Waals surface area contributed by atoms with Gasteiger partial charge in [-0.05, 0) is 43.2 Å². The first kappa shape index (κ1) is 17.5. The molecule has 0 amide bonds. The van der Waals surface area contributed by atoms with Crippen LogP contribution in [0.1, 0.15) is 33.1 Å². The number of nitrogens with one attached hydrogen (secondary N) is 1. The van der Waals surface area contributed by atoms with Crippen LogP contribution >= 0.6 is 39.1 Å². The number of hydrogen-bond donors (Lipinski definition) is 1. The van der Waals surface area contributed by atoms with Crippen molar-refractivity contribution in [2.24, 2.45) is 11.8 Å². The van der Waals surface area contributed by atoms with Crippen molar-refractivity contribution in [3.05, 3.63) is 26.7 Å². The molecule has 118 valence electrons. The van der Waals surface area contributed by atoms with Crippen molar-refractivity contribution < 1.29 is 8.42 Å². The van der Waals surface area contributed by atoms with E-state index in [0.29, 0.717) is 16.3 Å². The minimum Gasteiger partial charge on any atom is -0.208 e. The molecule has 1 aliphatic rings. The normalized spacial score (nSPS) is 26.8. The van der Waals surface area contributed by atoms with Gasteiger partial charge in [0.2, 0.25) is 10.0 Å². The lowest BCUT2D eigenvalue weighted by Crippen LogP contribution is -2.40. The Morgan fingerprint density at radius 1 is 1.14 bits per heavy atom. The fourth-order valence-corrected chi connectivity index (χ4v) is 5.94. The molecule has 1 N–H and O–H groups in total. The topological polar surface area (TPSA) is 46.2 Å². The van der Waals surface area contributed by atoms with E-state index >= 15 is 0 Å². The zero-order valence-electron chi connectivity index (χ0n) is 11.9. The second-order valence-corrected chi connectivity index (χ2v) is 9.17. The van der Waals surface area contributed by atoms with Gasteiger partial charge in [-0.25, -0.2) is 13.1 Å². The highest BCUT2D eigenvalue weighted by Gasteiger charge is 2.30. The molecule has 1 saturated carbocycles. The Morgan fingerprint density at radius 3 is 2.24 bits per heavy atom. The van der Waals surface area contributed by atoms with Gasteiger partial charge in [-0.2, -0.15) is 0 Å². The predicted molar refractivity (Wildman–Crippen MR) is 90.5 cm³/mol. The molecule has 1 aromatic carbocycles. The first-order valence-electron chi connectivity index (χ1n) is 6.87. The van der Waals surface area contributed by atoms with E-state index in [4.69, 9.17) is 23.2 Å². The Kier molecular flexibility index (Phi) is 5.64. The highest BCUT2D eigenvalue weighted by Crippen LogP contribution is 2.34. The average molecular weight is 415 g/mol. The van der Waals surface area contributed by atoms with Crippen molar-refractivity contribution in [2.45, 2.75) is 44.0 Å². The van der Waals surface area contributed by atoms with E-state index in [1.807, 2.05) is 0 Å². The van der Waals surface area contributed by atoms with Crippen LogP contribution < -0.4 is 4.72 Å². The van der Waals surface area contributed by atoms with Crippen LogP contribution in [0.25, 0.3) is 0 Å². The van der Waals surface area contributed by atoms with Crippen LogP contribution in [-0.2, 0) is 10.0 Å². The summed E-state index contributed by atoms with van der Waals surface area (Å²) >= 11 is 15.4. The van der Waals surface area contributed by atoms with Crippen molar-refractivity contribution in [1.29, 1.82) is 0 Å². The van der Waals surface area contributed by atoms with E-state index in [2.05, 4.69) is 34.5 Å². The van der Waals surface area contributed by atoms with Gasteiger partial charge in [-0.3, -0.25) is 0 Å². The quantitative estimate of drug-likeness (QED) is 0.767. The third kappa shape index (κ3) is 4.14. The molecule has 1 aliphatic carbocycles. The maximum absolute atomic E-state index is 12.5. The summed E-state index contributed by atoms with van der Waals surface area (Å²) in [6.07, 6.45) is 2.71. The van der Waals surface area contributed by atoms with Crippen molar-refractivity contribution in [1.82, 2.24) is 4.72 Å². The van der Waals surface area contributed by atoms with E-state index in [-0.39, 0.29) is 21.0 Å². The van der Waals surface area contributed by atoms with Crippen LogP contribution in [0.3, 0.4) is 0 Å². The van der Waals surface area contributed by atoms with Crippen LogP contribution in [0.4, 0.5) is 0 Å². The van der Waals surface area contributed by atoms with Crippen LogP contribution in [0, 0.1) is 11.8 Å². The monoisotopic (exact) mass is 413 g/mol. The fourth-order valence-electron chi connectivity index (χ4n) is 2.72. The molecule has 7 heteroatoms. The van der Waals surface area contributed by atoms with Gasteiger partial charge in [0.25, 0.3) is 0 Å². The second-order valence-electron chi connectivity index (χ2n) is 5.78. The lowest BCUT2D eigenvalue weighted by atomic mass is 9.79. The highest BCUT2D eigenvalue weighted by molar-refractivity contribution is 9.10. The molecule has 21 heavy (non-hydrogen) atoms. The van der Waals surface area contributed by atoms with E-state index in [1.165, 1.54) is 12.1 Å². The molecule has 3 unspecified atom stereocenters. The van der Waals surface area contributed by atoms with Crippen LogP contribution in [-0.4, -0.2) is 14.5 Å². The van der Waals surface area contributed by atoms with Crippen molar-refractivity contribution >= 4 is 49.2 Å². The number of halogens is 3. The smallest absolute Gasteiger partial charge is 0.208 e. The minimum atomic E-state index is -3.71. The summed E-state index contributed by atoms with van der Waals surface area (Å²) in [5.41, 5.74) is 0. The van der Waals surface area contributed by atoms with Crippen LogP contribution in [0.2, 0.25) is 10.0 Å². The average Bonchev–Trinajstić information content (AvgIpc) is 2.31. The van der Waals surface area contributed by atoms with Gasteiger partial charge >= 0.3 is 0 Å². The molecular weight excluding hydrogens is 397 g/mol. The van der Waals surface area contributed by atoms with Gasteiger partial charge in [0.15, 0.2) is 0 Å². The van der Waals surface area contributed by atoms with Gasteiger partial charge in [-0.15, -0.1) is 0 Å². The summed E-state index contributed by atoms with van der Waals surface area (Å²) in [5, 5.41) is 0.248. The molecular formula is C14H18BrCl2NO2S. The molecule has 0 aromatic heterocycles. The van der Waals surface area contributed by atoms with Gasteiger partial charge in [0.05, 0.1) is 10.0 Å². The van der Waals surface area contributed by atoms with Crippen LogP contribution in [0.15, 0.2) is 21.5 Å². The molecule has 0 spiro atoms. The molecule has 1 fully saturated rings. The molecule has 0 saturated heterocycles. The number of hydrogen-bond acceptors (Lipinski definition) is 2. The maximum Gasteiger partial charge on any atom is 0.243 e. The molecule has 0 aliphatic heterocycles. The highest BCUT2D eigenvalue weighted by atomic mass is 79.9. The van der Waals surface area contributed by atoms with Crippen molar-refractivity contribution in [3.63, 3.8) is 0 Å². The maximum atomic E-state index is 12.5. The molecule has 0 heterocycles. The Morgan fingerprint density at radius 2 is 1.71 bits per heavy atom. The lowest BCUT2D eigenvalue weighted by molar-refractivity contribution is 0.242. The Labute approximate surface area is 144 Å². The summed E-state index contributed by atoms with van der Waals surface area (Å²) in [6, 6.07) is 3.01. The van der Waals surface area contributed by atoms with E-state index < -0.39 is 10.0 Å². The summed E-state index contributed by atoms with van der Waals surface area (Å²) in [5.74, 6) is 1.13. The third-order valence-corrected chi connectivity index (χ3v) is 7.05. The third-order valence-electron chi connectivity index (χ3n) is 4.15. The van der Waals surface area contributed by atoms with E-state index in [1.54, 1.807) is 0 Å². The van der Waals surface area contributed by atoms with E-state index in [9.17, 15) is 8.42 Å². The first-order valence-corrected chi connectivity index (χ1v) is 9.91. The predicted octanol–water partition coefficient (Wildman–Crippen LogP) is 4.86. The molecule has 3 nitrogen and oxygen atoms in total. The van der Waals surface area contributed by atoms with Crippen molar-refractivity contribution in [3.8, 4) is 0 Å². The minimum absolute atomic E-state index is 0.0414. The molecule has 1 aromatic rings. The largest absolute Gasteiger partial charge is 0.243 e. The first-order chi connectivity index (χ1) is 9.70. The zero-order chi connectivity index (χ0) is 15.8. The molecule has 0 bridgehead atoms. The van der Waals surface area contributed by atoms with Crippen molar-refractivity contribution in [2.75, 3.05) is 0 Å². The standard InChI is InChI=1S/C14H18BrCl2NO2S/c1-8-3-4-11(5-9(8)2)18-21(19,20)14-12(16)6-10(15)7-13(14)17/h6-9,11,18H,3-5H2,1-2H3.